The fraction of sp³-hybridized carbons (Fsp3) is 0.545. The van der Waals surface area contributed by atoms with Crippen LogP contribution in [0, 0.1) is 0 Å². The molecule has 1 aromatic heterocycles. The van der Waals surface area contributed by atoms with Crippen molar-refractivity contribution < 1.29 is 19.4 Å². The number of carboxylic acids is 1. The van der Waals surface area contributed by atoms with E-state index in [1.54, 1.807) is 7.05 Å². The van der Waals surface area contributed by atoms with Crippen LogP contribution in [0.2, 0.25) is 5.02 Å². The van der Waals surface area contributed by atoms with Crippen LogP contribution in [-0.4, -0.2) is 57.5 Å². The van der Waals surface area contributed by atoms with Crippen LogP contribution in [0.25, 0.3) is 0 Å². The Balaban J connectivity index is 2.22. The van der Waals surface area contributed by atoms with E-state index >= 15 is 0 Å². The number of methoxy groups -OCH3 is 1. The quantitative estimate of drug-likeness (QED) is 0.869. The summed E-state index contributed by atoms with van der Waals surface area (Å²) in [5.74, 6) is -1.41. The number of carbonyl (C=O) groups is 2. The summed E-state index contributed by atoms with van der Waals surface area (Å²) in [6.45, 7) is 0.305. The van der Waals surface area contributed by atoms with Gasteiger partial charge < -0.3 is 14.7 Å². The Hall–Kier alpha value is -1.60. The van der Waals surface area contributed by atoms with Crippen LogP contribution in [0.5, 0.6) is 0 Å². The first-order valence-corrected chi connectivity index (χ1v) is 6.04. The predicted octanol–water partition coefficient (Wildman–Crippen LogP) is 0.389. The minimum Gasteiger partial charge on any atom is -0.479 e. The zero-order chi connectivity index (χ0) is 14.2. The van der Waals surface area contributed by atoms with Crippen LogP contribution in [0.3, 0.4) is 0 Å². The fourth-order valence-electron chi connectivity index (χ4n) is 2.18. The number of nitrogens with zero attached hydrogens (tertiary/aromatic N) is 3. The second-order valence-corrected chi connectivity index (χ2v) is 4.85. The van der Waals surface area contributed by atoms with E-state index in [-0.39, 0.29) is 29.6 Å². The van der Waals surface area contributed by atoms with Gasteiger partial charge in [-0.3, -0.25) is 9.48 Å². The van der Waals surface area contributed by atoms with Gasteiger partial charge in [-0.05, 0) is 0 Å². The largest absolute Gasteiger partial charge is 0.479 e. The van der Waals surface area contributed by atoms with Crippen molar-refractivity contribution in [2.45, 2.75) is 12.0 Å². The molecule has 7 nitrogen and oxygen atoms in total. The summed E-state index contributed by atoms with van der Waals surface area (Å²) in [6, 6.07) is 0. The van der Waals surface area contributed by atoms with Crippen molar-refractivity contribution in [1.29, 1.82) is 0 Å². The molecule has 2 heterocycles. The first-order valence-electron chi connectivity index (χ1n) is 5.66. The van der Waals surface area contributed by atoms with E-state index in [0.29, 0.717) is 6.54 Å². The molecule has 0 spiro atoms. The molecule has 1 amide bonds. The monoisotopic (exact) mass is 287 g/mol. The van der Waals surface area contributed by atoms with Crippen molar-refractivity contribution in [2.24, 2.45) is 7.05 Å². The van der Waals surface area contributed by atoms with E-state index in [1.165, 1.54) is 22.9 Å². The Labute approximate surface area is 114 Å². The number of likely N-dealkylation sites (tertiary alicyclic amines) is 1. The van der Waals surface area contributed by atoms with Crippen LogP contribution in [0.4, 0.5) is 0 Å². The molecule has 0 aromatic carbocycles. The molecule has 0 radical (unpaired) electrons. The second-order valence-electron chi connectivity index (χ2n) is 4.44. The van der Waals surface area contributed by atoms with Gasteiger partial charge in [0.1, 0.15) is 5.69 Å². The third kappa shape index (κ3) is 2.19. The standard InChI is InChI=1S/C11H14ClN3O4/c1-14-8(7(12)5-13-14)9(16)15-4-3-11(6-15,19-2)10(17)18/h5H,3-4,6H2,1-2H3,(H,17,18). The number of carbonyl (C=O) groups excluding carboxylic acids is 1. The van der Waals surface area contributed by atoms with Crippen molar-refractivity contribution in [1.82, 2.24) is 14.7 Å². The van der Waals surface area contributed by atoms with Crippen LogP contribution in [0.1, 0.15) is 16.9 Å². The lowest BCUT2D eigenvalue weighted by atomic mass is 10.0. The lowest BCUT2D eigenvalue weighted by Gasteiger charge is -2.23. The lowest BCUT2D eigenvalue weighted by molar-refractivity contribution is -0.160. The van der Waals surface area contributed by atoms with Crippen LogP contribution >= 0.6 is 11.6 Å². The van der Waals surface area contributed by atoms with Gasteiger partial charge in [-0.25, -0.2) is 4.79 Å². The Morgan fingerprint density at radius 2 is 2.26 bits per heavy atom. The summed E-state index contributed by atoms with van der Waals surface area (Å²) in [7, 11) is 2.94. The summed E-state index contributed by atoms with van der Waals surface area (Å²) in [5, 5.41) is 13.3. The first kappa shape index (κ1) is 13.8. The van der Waals surface area contributed by atoms with Crippen molar-refractivity contribution in [3.63, 3.8) is 0 Å². The molecule has 1 atom stereocenters. The number of halogens is 1. The third-order valence-electron chi connectivity index (χ3n) is 3.40. The molecular weight excluding hydrogens is 274 g/mol. The van der Waals surface area contributed by atoms with Crippen LogP contribution in [-0.2, 0) is 16.6 Å². The summed E-state index contributed by atoms with van der Waals surface area (Å²) in [6.07, 6.45) is 1.63. The minimum absolute atomic E-state index is 0.000818. The Bertz CT molecular complexity index is 511. The Morgan fingerprint density at radius 3 is 2.68 bits per heavy atom. The Kier molecular flexibility index (Phi) is 3.51. The maximum Gasteiger partial charge on any atom is 0.337 e. The van der Waals surface area contributed by atoms with Crippen molar-refractivity contribution in [3.05, 3.63) is 16.9 Å². The second kappa shape index (κ2) is 4.82. The number of aliphatic carboxylic acids is 1. The number of aromatic nitrogens is 2. The molecule has 0 saturated carbocycles. The van der Waals surface area contributed by atoms with Gasteiger partial charge in [-0.15, -0.1) is 0 Å². The molecule has 1 saturated heterocycles. The minimum atomic E-state index is -1.33. The molecule has 1 aliphatic heterocycles. The highest BCUT2D eigenvalue weighted by Crippen LogP contribution is 2.27. The Morgan fingerprint density at radius 1 is 1.58 bits per heavy atom. The molecule has 1 unspecified atom stereocenters. The van der Waals surface area contributed by atoms with Crippen molar-refractivity contribution >= 4 is 23.5 Å². The highest BCUT2D eigenvalue weighted by molar-refractivity contribution is 6.33. The molecule has 104 valence electrons. The lowest BCUT2D eigenvalue weighted by Crippen LogP contribution is -2.44. The highest BCUT2D eigenvalue weighted by Gasteiger charge is 2.47. The average Bonchev–Trinajstić information content (AvgIpc) is 2.94. The molecule has 1 N–H and O–H groups in total. The number of carboxylic acid groups (broad SMARTS) is 1. The third-order valence-corrected chi connectivity index (χ3v) is 3.67. The van der Waals surface area contributed by atoms with Gasteiger partial charge in [0.25, 0.3) is 5.91 Å². The van der Waals surface area contributed by atoms with Crippen molar-refractivity contribution in [2.75, 3.05) is 20.2 Å². The fourth-order valence-corrected chi connectivity index (χ4v) is 2.43. The number of hydrogen-bond donors (Lipinski definition) is 1. The highest BCUT2D eigenvalue weighted by atomic mass is 35.5. The van der Waals surface area contributed by atoms with Gasteiger partial charge >= 0.3 is 5.97 Å². The van der Waals surface area contributed by atoms with Gasteiger partial charge in [0.05, 0.1) is 17.8 Å². The number of aryl methyl sites for hydroxylation is 1. The van der Waals surface area contributed by atoms with Gasteiger partial charge in [0.2, 0.25) is 0 Å². The number of hydrogen-bond acceptors (Lipinski definition) is 4. The van der Waals surface area contributed by atoms with E-state index in [0.717, 1.165) is 0 Å². The molecule has 1 aliphatic rings. The smallest absolute Gasteiger partial charge is 0.337 e. The predicted molar refractivity (Wildman–Crippen MR) is 66.1 cm³/mol. The van der Waals surface area contributed by atoms with E-state index in [9.17, 15) is 14.7 Å². The van der Waals surface area contributed by atoms with Gasteiger partial charge in [-0.1, -0.05) is 11.6 Å². The topological polar surface area (TPSA) is 84.7 Å². The molecule has 8 heteroatoms. The van der Waals surface area contributed by atoms with Gasteiger partial charge in [-0.2, -0.15) is 5.10 Å². The van der Waals surface area contributed by atoms with E-state index in [2.05, 4.69) is 5.10 Å². The van der Waals surface area contributed by atoms with Crippen LogP contribution < -0.4 is 0 Å². The molecule has 1 aromatic rings. The van der Waals surface area contributed by atoms with Crippen molar-refractivity contribution in [3.8, 4) is 0 Å². The van der Waals surface area contributed by atoms with E-state index in [4.69, 9.17) is 16.3 Å². The molecule has 19 heavy (non-hydrogen) atoms. The maximum atomic E-state index is 12.3. The normalized spacial score (nSPS) is 22.8. The summed E-state index contributed by atoms with van der Waals surface area (Å²) in [4.78, 5) is 25.0. The van der Waals surface area contributed by atoms with Gasteiger partial charge in [0, 0.05) is 27.1 Å². The number of amides is 1. The molecule has 0 aliphatic carbocycles. The summed E-state index contributed by atoms with van der Waals surface area (Å²) < 4.78 is 6.44. The summed E-state index contributed by atoms with van der Waals surface area (Å²) in [5.41, 5.74) is -1.08. The zero-order valence-corrected chi connectivity index (χ0v) is 11.3. The number of ether oxygens (including phenoxy) is 1. The maximum absolute atomic E-state index is 12.3. The SMILES string of the molecule is COC1(C(=O)O)CCN(C(=O)c2c(Cl)cnn2C)C1. The first-order chi connectivity index (χ1) is 8.91. The van der Waals surface area contributed by atoms with E-state index in [1.807, 2.05) is 0 Å². The average molecular weight is 288 g/mol. The summed E-state index contributed by atoms with van der Waals surface area (Å²) >= 11 is 5.91. The van der Waals surface area contributed by atoms with Crippen LogP contribution in [0.15, 0.2) is 6.20 Å². The van der Waals surface area contributed by atoms with Gasteiger partial charge in [0.15, 0.2) is 5.60 Å². The molecular formula is C11H14ClN3O4. The van der Waals surface area contributed by atoms with E-state index < -0.39 is 11.6 Å². The zero-order valence-electron chi connectivity index (χ0n) is 10.6. The number of rotatable bonds is 3. The molecule has 1 fully saturated rings. The molecule has 2 rings (SSSR count). The molecule has 0 bridgehead atoms.